The number of esters is 2. The first-order chi connectivity index (χ1) is 10.8. The van der Waals surface area contributed by atoms with Gasteiger partial charge in [0.2, 0.25) is 5.91 Å². The van der Waals surface area contributed by atoms with Gasteiger partial charge in [0.25, 0.3) is 0 Å². The molecule has 0 saturated carbocycles. The first-order valence-electron chi connectivity index (χ1n) is 7.71. The van der Waals surface area contributed by atoms with E-state index in [0.29, 0.717) is 0 Å². The molecule has 1 aliphatic rings. The second-order valence-electron chi connectivity index (χ2n) is 5.39. The Balaban J connectivity index is 2.86. The maximum absolute atomic E-state index is 14.7. The van der Waals surface area contributed by atoms with Crippen LogP contribution >= 0.6 is 0 Å². The van der Waals surface area contributed by atoms with E-state index in [-0.39, 0.29) is 25.4 Å². The van der Waals surface area contributed by atoms with Crippen LogP contribution < -0.4 is 5.32 Å². The number of alkyl halides is 1. The predicted molar refractivity (Wildman–Crippen MR) is 78.3 cm³/mol. The summed E-state index contributed by atoms with van der Waals surface area (Å²) in [7, 11) is 0. The third kappa shape index (κ3) is 5.46. The number of hydrogen-bond donors (Lipinski definition) is 1. The summed E-state index contributed by atoms with van der Waals surface area (Å²) in [6.07, 6.45) is -4.32. The van der Waals surface area contributed by atoms with E-state index in [1.165, 1.54) is 6.92 Å². The first-order valence-corrected chi connectivity index (χ1v) is 7.71. The molecule has 0 aromatic carbocycles. The maximum Gasteiger partial charge on any atom is 0.305 e. The van der Waals surface area contributed by atoms with Gasteiger partial charge in [-0.1, -0.05) is 13.8 Å². The van der Waals surface area contributed by atoms with Crippen molar-refractivity contribution in [2.75, 3.05) is 6.61 Å². The number of halogens is 1. The molecule has 0 aromatic rings. The minimum absolute atomic E-state index is 0.0841. The van der Waals surface area contributed by atoms with Crippen molar-refractivity contribution in [2.24, 2.45) is 0 Å². The molecule has 1 rings (SSSR count). The molecule has 5 unspecified atom stereocenters. The average Bonchev–Trinajstić information content (AvgIpc) is 2.51. The molecule has 1 saturated heterocycles. The van der Waals surface area contributed by atoms with Gasteiger partial charge < -0.3 is 19.5 Å². The van der Waals surface area contributed by atoms with Crippen molar-refractivity contribution in [2.45, 2.75) is 71.1 Å². The average molecular weight is 333 g/mol. The van der Waals surface area contributed by atoms with Crippen molar-refractivity contribution in [3.05, 3.63) is 0 Å². The molecular formula is C15H24FNO6. The van der Waals surface area contributed by atoms with Gasteiger partial charge in [0.05, 0.1) is 12.1 Å². The van der Waals surface area contributed by atoms with Gasteiger partial charge in [-0.2, -0.15) is 0 Å². The lowest BCUT2D eigenvalue weighted by Crippen LogP contribution is -2.63. The summed E-state index contributed by atoms with van der Waals surface area (Å²) >= 11 is 0. The van der Waals surface area contributed by atoms with Gasteiger partial charge in [-0.3, -0.25) is 14.4 Å². The number of carbonyl (C=O) groups is 3. The minimum Gasteiger partial charge on any atom is -0.463 e. The normalized spacial score (nSPS) is 30.4. The van der Waals surface area contributed by atoms with Crippen LogP contribution in [-0.2, 0) is 28.6 Å². The van der Waals surface area contributed by atoms with Crippen LogP contribution in [0.5, 0.6) is 0 Å². The zero-order valence-electron chi connectivity index (χ0n) is 13.8. The lowest BCUT2D eigenvalue weighted by atomic mass is 9.94. The summed E-state index contributed by atoms with van der Waals surface area (Å²) < 4.78 is 30.3. The molecule has 132 valence electrons. The molecule has 0 radical (unpaired) electrons. The predicted octanol–water partition coefficient (Wildman–Crippen LogP) is 0.892. The summed E-state index contributed by atoms with van der Waals surface area (Å²) in [5.41, 5.74) is 0. The lowest BCUT2D eigenvalue weighted by Gasteiger charge is -2.42. The highest BCUT2D eigenvalue weighted by molar-refractivity contribution is 5.73. The molecule has 7 nitrogen and oxygen atoms in total. The molecule has 8 heteroatoms. The van der Waals surface area contributed by atoms with Crippen LogP contribution in [0.15, 0.2) is 0 Å². The van der Waals surface area contributed by atoms with Crippen molar-refractivity contribution in [3.8, 4) is 0 Å². The van der Waals surface area contributed by atoms with Gasteiger partial charge in [-0.05, 0) is 6.92 Å². The number of nitrogens with one attached hydrogen (secondary N) is 1. The fraction of sp³-hybridized carbons (Fsp3) is 0.800. The fourth-order valence-corrected chi connectivity index (χ4v) is 2.33. The van der Waals surface area contributed by atoms with Gasteiger partial charge in [-0.15, -0.1) is 0 Å². The summed E-state index contributed by atoms with van der Waals surface area (Å²) in [5, 5.41) is 2.55. The number of carbonyl (C=O) groups excluding carboxylic acids is 3. The third-order valence-electron chi connectivity index (χ3n) is 3.54. The molecule has 0 aromatic heterocycles. The van der Waals surface area contributed by atoms with Crippen molar-refractivity contribution in [3.63, 3.8) is 0 Å². The SMILES string of the molecule is CCC(=O)OCC1OC(C)C(NC(C)=O)C(OC(=O)CC)C1F. The molecule has 1 N–H and O–H groups in total. The lowest BCUT2D eigenvalue weighted by molar-refractivity contribution is -0.197. The van der Waals surface area contributed by atoms with Crippen LogP contribution in [0.4, 0.5) is 4.39 Å². The van der Waals surface area contributed by atoms with E-state index in [0.717, 1.165) is 0 Å². The van der Waals surface area contributed by atoms with Crippen LogP contribution in [0.2, 0.25) is 0 Å². The second kappa shape index (κ2) is 8.81. The Morgan fingerprint density at radius 3 is 2.30 bits per heavy atom. The Kier molecular flexibility index (Phi) is 7.41. The highest BCUT2D eigenvalue weighted by Gasteiger charge is 2.47. The van der Waals surface area contributed by atoms with Crippen LogP contribution in [0.3, 0.4) is 0 Å². The van der Waals surface area contributed by atoms with E-state index in [2.05, 4.69) is 5.32 Å². The third-order valence-corrected chi connectivity index (χ3v) is 3.54. The largest absolute Gasteiger partial charge is 0.463 e. The van der Waals surface area contributed by atoms with Crippen molar-refractivity contribution in [1.29, 1.82) is 0 Å². The summed E-state index contributed by atoms with van der Waals surface area (Å²) in [4.78, 5) is 34.1. The van der Waals surface area contributed by atoms with Crippen LogP contribution in [0.1, 0.15) is 40.5 Å². The molecule has 5 atom stereocenters. The Hall–Kier alpha value is -1.70. The van der Waals surface area contributed by atoms with Gasteiger partial charge in [0, 0.05) is 19.8 Å². The molecular weight excluding hydrogens is 309 g/mol. The fourth-order valence-electron chi connectivity index (χ4n) is 2.33. The zero-order chi connectivity index (χ0) is 17.6. The molecule has 1 aliphatic heterocycles. The number of rotatable bonds is 6. The molecule has 1 amide bonds. The molecule has 1 heterocycles. The van der Waals surface area contributed by atoms with Crippen molar-refractivity contribution in [1.82, 2.24) is 5.32 Å². The van der Waals surface area contributed by atoms with E-state index in [4.69, 9.17) is 14.2 Å². The van der Waals surface area contributed by atoms with E-state index in [1.54, 1.807) is 20.8 Å². The van der Waals surface area contributed by atoms with E-state index < -0.39 is 42.5 Å². The minimum atomic E-state index is -1.72. The molecule has 0 bridgehead atoms. The summed E-state index contributed by atoms with van der Waals surface area (Å²) in [6.45, 7) is 5.86. The van der Waals surface area contributed by atoms with E-state index >= 15 is 0 Å². The van der Waals surface area contributed by atoms with E-state index in [1.807, 2.05) is 0 Å². The van der Waals surface area contributed by atoms with Crippen LogP contribution in [0, 0.1) is 0 Å². The van der Waals surface area contributed by atoms with Crippen LogP contribution in [-0.4, -0.2) is 55.0 Å². The monoisotopic (exact) mass is 333 g/mol. The molecule has 0 aliphatic carbocycles. The maximum atomic E-state index is 14.7. The second-order valence-corrected chi connectivity index (χ2v) is 5.39. The number of ether oxygens (including phenoxy) is 3. The van der Waals surface area contributed by atoms with Crippen molar-refractivity contribution >= 4 is 17.8 Å². The Morgan fingerprint density at radius 2 is 1.78 bits per heavy atom. The Morgan fingerprint density at radius 1 is 1.17 bits per heavy atom. The van der Waals surface area contributed by atoms with Gasteiger partial charge >= 0.3 is 11.9 Å². The Labute approximate surface area is 134 Å². The van der Waals surface area contributed by atoms with Gasteiger partial charge in [0.15, 0.2) is 12.3 Å². The topological polar surface area (TPSA) is 90.9 Å². The van der Waals surface area contributed by atoms with Gasteiger partial charge in [0.1, 0.15) is 12.7 Å². The zero-order valence-corrected chi connectivity index (χ0v) is 13.8. The molecule has 0 spiro atoms. The summed E-state index contributed by atoms with van der Waals surface area (Å²) in [6, 6.07) is -0.809. The van der Waals surface area contributed by atoms with Gasteiger partial charge in [-0.25, -0.2) is 4.39 Å². The first kappa shape index (κ1) is 19.3. The molecule has 23 heavy (non-hydrogen) atoms. The number of hydrogen-bond acceptors (Lipinski definition) is 6. The molecule has 1 fully saturated rings. The number of amides is 1. The van der Waals surface area contributed by atoms with E-state index in [9.17, 15) is 18.8 Å². The van der Waals surface area contributed by atoms with Crippen LogP contribution in [0.25, 0.3) is 0 Å². The quantitative estimate of drug-likeness (QED) is 0.726. The standard InChI is InChI=1S/C15H24FNO6/c1-5-11(19)21-7-10-13(16)15(23-12(20)6-2)14(8(3)22-10)17-9(4)18/h8,10,13-15H,5-7H2,1-4H3,(H,17,18). The Bertz CT molecular complexity index is 444. The highest BCUT2D eigenvalue weighted by atomic mass is 19.1. The highest BCUT2D eigenvalue weighted by Crippen LogP contribution is 2.26. The summed E-state index contributed by atoms with van der Waals surface area (Å²) in [5.74, 6) is -1.43. The van der Waals surface area contributed by atoms with Crippen molar-refractivity contribution < 1.29 is 33.0 Å². The smallest absolute Gasteiger partial charge is 0.305 e.